The van der Waals surface area contributed by atoms with Gasteiger partial charge in [-0.2, -0.15) is 0 Å². The lowest BCUT2D eigenvalue weighted by atomic mass is 10.1. The van der Waals surface area contributed by atoms with E-state index in [9.17, 15) is 9.59 Å². The van der Waals surface area contributed by atoms with E-state index in [1.54, 1.807) is 12.1 Å². The van der Waals surface area contributed by atoms with Gasteiger partial charge in [-0.1, -0.05) is 91.0 Å². The van der Waals surface area contributed by atoms with Crippen molar-refractivity contribution in [2.24, 2.45) is 0 Å². The van der Waals surface area contributed by atoms with Crippen molar-refractivity contribution in [2.75, 3.05) is 7.11 Å². The second kappa shape index (κ2) is 10.9. The van der Waals surface area contributed by atoms with Crippen molar-refractivity contribution in [3.8, 4) is 0 Å². The smallest absolute Gasteiger partial charge is 0.348 e. The van der Waals surface area contributed by atoms with Crippen LogP contribution in [0.15, 0.2) is 91.0 Å². The first-order valence-corrected chi connectivity index (χ1v) is 9.70. The van der Waals surface area contributed by atoms with Gasteiger partial charge in [-0.3, -0.25) is 0 Å². The van der Waals surface area contributed by atoms with Crippen LogP contribution in [-0.4, -0.2) is 25.2 Å². The molecule has 3 aromatic rings. The summed E-state index contributed by atoms with van der Waals surface area (Å²) in [5, 5.41) is 0. The first-order valence-electron chi connectivity index (χ1n) is 9.70. The van der Waals surface area contributed by atoms with Gasteiger partial charge in [-0.05, 0) is 16.7 Å². The number of esters is 2. The van der Waals surface area contributed by atoms with E-state index in [4.69, 9.17) is 14.2 Å². The van der Waals surface area contributed by atoms with Gasteiger partial charge in [0.2, 0.25) is 6.10 Å². The molecule has 0 spiro atoms. The predicted molar refractivity (Wildman–Crippen MR) is 112 cm³/mol. The van der Waals surface area contributed by atoms with Gasteiger partial charge in [0.25, 0.3) is 0 Å². The molecule has 0 radical (unpaired) electrons. The molecule has 0 aliphatic carbocycles. The van der Waals surface area contributed by atoms with Crippen LogP contribution in [0.4, 0.5) is 0 Å². The van der Waals surface area contributed by atoms with Crippen LogP contribution < -0.4 is 0 Å². The number of carbonyl (C=O) groups is 2. The Morgan fingerprint density at radius 3 is 1.83 bits per heavy atom. The van der Waals surface area contributed by atoms with Crippen LogP contribution in [-0.2, 0) is 36.8 Å². The largest absolute Gasteiger partial charge is 0.458 e. The molecule has 0 heterocycles. The standard InChI is InChI=1S/C25H24O5/c1-28-23(21-15-9-4-10-16-21)25(27)30-22(17-19-11-5-2-6-12-19)24(26)29-18-20-13-7-3-8-14-20/h2-16,22-23H,17-18H2,1H3. The van der Waals surface area contributed by atoms with E-state index in [1.807, 2.05) is 78.9 Å². The van der Waals surface area contributed by atoms with E-state index in [-0.39, 0.29) is 13.0 Å². The summed E-state index contributed by atoms with van der Waals surface area (Å²) in [5.74, 6) is -1.24. The van der Waals surface area contributed by atoms with Crippen LogP contribution in [0.1, 0.15) is 22.8 Å². The van der Waals surface area contributed by atoms with Crippen molar-refractivity contribution in [3.05, 3.63) is 108 Å². The second-order valence-corrected chi connectivity index (χ2v) is 6.73. The van der Waals surface area contributed by atoms with Crippen LogP contribution in [0.3, 0.4) is 0 Å². The zero-order valence-corrected chi connectivity index (χ0v) is 16.8. The quantitative estimate of drug-likeness (QED) is 0.499. The van der Waals surface area contributed by atoms with Crippen molar-refractivity contribution in [1.82, 2.24) is 0 Å². The Balaban J connectivity index is 1.73. The summed E-state index contributed by atoms with van der Waals surface area (Å²) in [4.78, 5) is 25.6. The number of benzene rings is 3. The maximum atomic E-state index is 12.8. The normalized spacial score (nSPS) is 12.6. The van der Waals surface area contributed by atoms with Crippen LogP contribution in [0, 0.1) is 0 Å². The van der Waals surface area contributed by atoms with Crippen LogP contribution in [0.5, 0.6) is 0 Å². The van der Waals surface area contributed by atoms with E-state index in [1.165, 1.54) is 7.11 Å². The first kappa shape index (κ1) is 21.3. The average Bonchev–Trinajstić information content (AvgIpc) is 2.79. The summed E-state index contributed by atoms with van der Waals surface area (Å²) in [5.41, 5.74) is 2.37. The monoisotopic (exact) mass is 404 g/mol. The van der Waals surface area contributed by atoms with Crippen LogP contribution in [0.2, 0.25) is 0 Å². The second-order valence-electron chi connectivity index (χ2n) is 6.73. The molecule has 0 amide bonds. The van der Waals surface area contributed by atoms with E-state index in [0.717, 1.165) is 11.1 Å². The molecule has 5 nitrogen and oxygen atoms in total. The van der Waals surface area contributed by atoms with Crippen molar-refractivity contribution in [1.29, 1.82) is 0 Å². The van der Waals surface area contributed by atoms with Crippen LogP contribution >= 0.6 is 0 Å². The van der Waals surface area contributed by atoms with Gasteiger partial charge in [-0.25, -0.2) is 9.59 Å². The third-order valence-electron chi connectivity index (χ3n) is 4.56. The maximum absolute atomic E-state index is 12.8. The highest BCUT2D eigenvalue weighted by Gasteiger charge is 2.30. The lowest BCUT2D eigenvalue weighted by Crippen LogP contribution is -2.33. The molecule has 0 saturated carbocycles. The van der Waals surface area contributed by atoms with Gasteiger partial charge in [-0.15, -0.1) is 0 Å². The summed E-state index contributed by atoms with van der Waals surface area (Å²) in [7, 11) is 1.43. The molecule has 0 aliphatic heterocycles. The number of hydrogen-bond donors (Lipinski definition) is 0. The fourth-order valence-corrected chi connectivity index (χ4v) is 3.02. The summed E-state index contributed by atoms with van der Waals surface area (Å²) >= 11 is 0. The van der Waals surface area contributed by atoms with E-state index >= 15 is 0 Å². The third-order valence-corrected chi connectivity index (χ3v) is 4.56. The Morgan fingerprint density at radius 2 is 1.27 bits per heavy atom. The predicted octanol–water partition coefficient (Wildman–Crippen LogP) is 4.27. The molecule has 154 valence electrons. The van der Waals surface area contributed by atoms with Gasteiger partial charge >= 0.3 is 11.9 Å². The van der Waals surface area contributed by atoms with Gasteiger partial charge < -0.3 is 14.2 Å². The minimum absolute atomic E-state index is 0.106. The highest BCUT2D eigenvalue weighted by Crippen LogP contribution is 2.20. The zero-order valence-electron chi connectivity index (χ0n) is 16.8. The molecule has 3 aromatic carbocycles. The van der Waals surface area contributed by atoms with Crippen molar-refractivity contribution in [3.63, 3.8) is 0 Å². The Morgan fingerprint density at radius 1 is 0.733 bits per heavy atom. The molecule has 0 aliphatic rings. The molecule has 0 saturated heterocycles. The number of rotatable bonds is 9. The van der Waals surface area contributed by atoms with E-state index < -0.39 is 24.1 Å². The van der Waals surface area contributed by atoms with Gasteiger partial charge in [0.15, 0.2) is 6.10 Å². The molecule has 0 aromatic heterocycles. The van der Waals surface area contributed by atoms with Gasteiger partial charge in [0.1, 0.15) is 6.61 Å². The van der Waals surface area contributed by atoms with Crippen molar-refractivity contribution in [2.45, 2.75) is 25.2 Å². The fourth-order valence-electron chi connectivity index (χ4n) is 3.02. The average molecular weight is 404 g/mol. The van der Waals surface area contributed by atoms with E-state index in [0.29, 0.717) is 5.56 Å². The topological polar surface area (TPSA) is 61.8 Å². The summed E-state index contributed by atoms with van der Waals surface area (Å²) in [6, 6.07) is 27.7. The Bertz CT molecular complexity index is 926. The van der Waals surface area contributed by atoms with Gasteiger partial charge in [0, 0.05) is 13.5 Å². The lowest BCUT2D eigenvalue weighted by molar-refractivity contribution is -0.175. The molecule has 0 fully saturated rings. The Labute approximate surface area is 176 Å². The molecule has 2 atom stereocenters. The lowest BCUT2D eigenvalue weighted by Gasteiger charge is -2.21. The van der Waals surface area contributed by atoms with Gasteiger partial charge in [0.05, 0.1) is 0 Å². The maximum Gasteiger partial charge on any atom is 0.348 e. The molecular weight excluding hydrogens is 380 g/mol. The van der Waals surface area contributed by atoms with Crippen LogP contribution in [0.25, 0.3) is 0 Å². The van der Waals surface area contributed by atoms with E-state index in [2.05, 4.69) is 0 Å². The number of carbonyl (C=O) groups excluding carboxylic acids is 2. The SMILES string of the molecule is COC(C(=O)OC(Cc1ccccc1)C(=O)OCc1ccccc1)c1ccccc1. The highest BCUT2D eigenvalue weighted by atomic mass is 16.6. The highest BCUT2D eigenvalue weighted by molar-refractivity contribution is 5.82. The fraction of sp³-hybridized carbons (Fsp3) is 0.200. The summed E-state index contributed by atoms with van der Waals surface area (Å²) in [6.07, 6.45) is -1.79. The molecule has 0 N–H and O–H groups in total. The van der Waals surface area contributed by atoms with Crippen molar-refractivity contribution >= 4 is 11.9 Å². The third kappa shape index (κ3) is 6.03. The molecule has 2 unspecified atom stereocenters. The molecular formula is C25H24O5. The van der Waals surface area contributed by atoms with Crippen molar-refractivity contribution < 1.29 is 23.8 Å². The number of methoxy groups -OCH3 is 1. The zero-order chi connectivity index (χ0) is 21.2. The molecule has 30 heavy (non-hydrogen) atoms. The summed E-state index contributed by atoms with van der Waals surface area (Å²) < 4.78 is 16.3. The first-order chi connectivity index (χ1) is 14.7. The Hall–Kier alpha value is -3.44. The Kier molecular flexibility index (Phi) is 7.75. The minimum Gasteiger partial charge on any atom is -0.458 e. The molecule has 3 rings (SSSR count). The molecule has 5 heteroatoms. The summed E-state index contributed by atoms with van der Waals surface area (Å²) in [6.45, 7) is 0.106. The number of ether oxygens (including phenoxy) is 3. The molecule has 0 bridgehead atoms. The minimum atomic E-state index is -1.08. The number of hydrogen-bond acceptors (Lipinski definition) is 5.